The maximum absolute atomic E-state index is 11.6. The SMILES string of the molecule is CCOC(=O)c1ccc(NC(=S)N2CCCCC2CO)cc1. The quantitative estimate of drug-likeness (QED) is 0.656. The monoisotopic (exact) mass is 322 g/mol. The molecule has 5 nitrogen and oxygen atoms in total. The van der Waals surface area contributed by atoms with Crippen LogP contribution in [0.25, 0.3) is 0 Å². The summed E-state index contributed by atoms with van der Waals surface area (Å²) in [6.07, 6.45) is 3.17. The topological polar surface area (TPSA) is 61.8 Å². The van der Waals surface area contributed by atoms with Crippen LogP contribution in [-0.4, -0.2) is 46.9 Å². The minimum atomic E-state index is -0.326. The van der Waals surface area contributed by atoms with Crippen molar-refractivity contribution in [2.75, 3.05) is 25.1 Å². The van der Waals surface area contributed by atoms with Crippen LogP contribution >= 0.6 is 12.2 Å². The number of carbonyl (C=O) groups excluding carboxylic acids is 1. The highest BCUT2D eigenvalue weighted by Gasteiger charge is 2.23. The second-order valence-corrected chi connectivity index (χ2v) is 5.64. The standard InChI is InChI=1S/C16H22N2O3S/c1-2-21-15(20)12-6-8-13(9-7-12)17-16(22)18-10-4-3-5-14(18)11-19/h6-9,14,19H,2-5,10-11H2,1H3,(H,17,22). The first kappa shape index (κ1) is 16.7. The number of piperidine rings is 1. The van der Waals surface area contributed by atoms with E-state index < -0.39 is 0 Å². The van der Waals surface area contributed by atoms with Crippen LogP contribution < -0.4 is 5.32 Å². The van der Waals surface area contributed by atoms with Gasteiger partial charge in [0, 0.05) is 12.2 Å². The number of hydrogen-bond acceptors (Lipinski definition) is 4. The van der Waals surface area contributed by atoms with E-state index in [2.05, 4.69) is 5.32 Å². The minimum absolute atomic E-state index is 0.0903. The molecule has 120 valence electrons. The number of hydrogen-bond donors (Lipinski definition) is 2. The number of nitrogens with zero attached hydrogens (tertiary/aromatic N) is 1. The molecule has 0 saturated carbocycles. The summed E-state index contributed by atoms with van der Waals surface area (Å²) < 4.78 is 4.95. The molecule has 0 amide bonds. The molecule has 0 spiro atoms. The molecule has 0 radical (unpaired) electrons. The summed E-state index contributed by atoms with van der Waals surface area (Å²) in [5.41, 5.74) is 1.34. The van der Waals surface area contributed by atoms with Gasteiger partial charge >= 0.3 is 5.97 Å². The van der Waals surface area contributed by atoms with Crippen molar-refractivity contribution in [2.45, 2.75) is 32.2 Å². The predicted octanol–water partition coefficient (Wildman–Crippen LogP) is 2.41. The maximum atomic E-state index is 11.6. The van der Waals surface area contributed by atoms with E-state index in [9.17, 15) is 9.90 Å². The van der Waals surface area contributed by atoms with E-state index in [4.69, 9.17) is 17.0 Å². The number of likely N-dealkylation sites (tertiary alicyclic amines) is 1. The molecule has 1 atom stereocenters. The Hall–Kier alpha value is -1.66. The summed E-state index contributed by atoms with van der Waals surface area (Å²) in [5, 5.41) is 13.2. The van der Waals surface area contributed by atoms with Gasteiger partial charge in [0.1, 0.15) is 0 Å². The smallest absolute Gasteiger partial charge is 0.338 e. The van der Waals surface area contributed by atoms with Gasteiger partial charge in [-0.1, -0.05) is 0 Å². The number of ether oxygens (including phenoxy) is 1. The van der Waals surface area contributed by atoms with Gasteiger partial charge in [-0.3, -0.25) is 0 Å². The first-order valence-electron chi connectivity index (χ1n) is 7.61. The highest BCUT2D eigenvalue weighted by molar-refractivity contribution is 7.80. The van der Waals surface area contributed by atoms with Crippen LogP contribution in [0.4, 0.5) is 5.69 Å². The van der Waals surface area contributed by atoms with Crippen LogP contribution in [0.15, 0.2) is 24.3 Å². The van der Waals surface area contributed by atoms with E-state index >= 15 is 0 Å². The molecule has 0 aliphatic carbocycles. The zero-order valence-corrected chi connectivity index (χ0v) is 13.6. The van der Waals surface area contributed by atoms with Gasteiger partial charge in [-0.15, -0.1) is 0 Å². The molecule has 1 aromatic rings. The van der Waals surface area contributed by atoms with E-state index in [1.165, 1.54) is 0 Å². The van der Waals surface area contributed by atoms with Crippen molar-refractivity contribution >= 4 is 29.0 Å². The van der Waals surface area contributed by atoms with Gasteiger partial charge in [-0.05, 0) is 62.7 Å². The van der Waals surface area contributed by atoms with Crippen molar-refractivity contribution < 1.29 is 14.6 Å². The summed E-state index contributed by atoms with van der Waals surface area (Å²) in [7, 11) is 0. The Morgan fingerprint density at radius 1 is 1.41 bits per heavy atom. The summed E-state index contributed by atoms with van der Waals surface area (Å²) >= 11 is 5.44. The van der Waals surface area contributed by atoms with Crippen LogP contribution in [0, 0.1) is 0 Å². The Morgan fingerprint density at radius 3 is 2.77 bits per heavy atom. The number of anilines is 1. The second-order valence-electron chi connectivity index (χ2n) is 5.25. The molecule has 1 aliphatic heterocycles. The van der Waals surface area contributed by atoms with Crippen molar-refractivity contribution in [3.63, 3.8) is 0 Å². The summed E-state index contributed by atoms with van der Waals surface area (Å²) in [6, 6.07) is 7.12. The fraction of sp³-hybridized carbons (Fsp3) is 0.500. The van der Waals surface area contributed by atoms with E-state index in [1.54, 1.807) is 31.2 Å². The average molecular weight is 322 g/mol. The number of esters is 1. The molecule has 1 fully saturated rings. The fourth-order valence-electron chi connectivity index (χ4n) is 2.56. The molecule has 1 saturated heterocycles. The van der Waals surface area contributed by atoms with Gasteiger partial charge in [-0.2, -0.15) is 0 Å². The third-order valence-electron chi connectivity index (χ3n) is 3.75. The lowest BCUT2D eigenvalue weighted by Crippen LogP contribution is -2.47. The summed E-state index contributed by atoms with van der Waals surface area (Å²) in [4.78, 5) is 13.6. The molecule has 0 aromatic heterocycles. The van der Waals surface area contributed by atoms with Crippen molar-refractivity contribution in [3.8, 4) is 0 Å². The number of aliphatic hydroxyl groups is 1. The van der Waals surface area contributed by atoms with E-state index in [1.807, 2.05) is 4.90 Å². The van der Waals surface area contributed by atoms with Gasteiger partial charge in [0.25, 0.3) is 0 Å². The summed E-state index contributed by atoms with van der Waals surface area (Å²) in [6.45, 7) is 3.12. The first-order valence-corrected chi connectivity index (χ1v) is 8.02. The molecule has 6 heteroatoms. The first-order chi connectivity index (χ1) is 10.7. The van der Waals surface area contributed by atoms with Crippen LogP contribution in [-0.2, 0) is 4.74 Å². The zero-order chi connectivity index (χ0) is 15.9. The third kappa shape index (κ3) is 4.18. The van der Waals surface area contributed by atoms with Crippen LogP contribution in [0.1, 0.15) is 36.5 Å². The Bertz CT molecular complexity index is 519. The van der Waals surface area contributed by atoms with Gasteiger partial charge in [-0.25, -0.2) is 4.79 Å². The highest BCUT2D eigenvalue weighted by Crippen LogP contribution is 2.19. The van der Waals surface area contributed by atoms with Crippen molar-refractivity contribution in [2.24, 2.45) is 0 Å². The molecule has 1 aromatic carbocycles. The van der Waals surface area contributed by atoms with Crippen LogP contribution in [0.3, 0.4) is 0 Å². The van der Waals surface area contributed by atoms with Crippen molar-refractivity contribution in [1.29, 1.82) is 0 Å². The normalized spacial score (nSPS) is 17.9. The Morgan fingerprint density at radius 2 is 2.14 bits per heavy atom. The number of benzene rings is 1. The van der Waals surface area contributed by atoms with Crippen molar-refractivity contribution in [1.82, 2.24) is 4.90 Å². The number of carbonyl (C=O) groups is 1. The average Bonchev–Trinajstić information content (AvgIpc) is 2.55. The molecular weight excluding hydrogens is 300 g/mol. The Labute approximate surface area is 136 Å². The molecular formula is C16H22N2O3S. The lowest BCUT2D eigenvalue weighted by molar-refractivity contribution is 0.0526. The Kier molecular flexibility index (Phi) is 6.15. The van der Waals surface area contributed by atoms with E-state index in [0.29, 0.717) is 17.3 Å². The molecule has 22 heavy (non-hydrogen) atoms. The number of aliphatic hydroxyl groups excluding tert-OH is 1. The molecule has 0 bridgehead atoms. The maximum Gasteiger partial charge on any atom is 0.338 e. The number of nitrogens with one attached hydrogen (secondary N) is 1. The molecule has 1 aliphatic rings. The molecule has 1 unspecified atom stereocenters. The fourth-order valence-corrected chi connectivity index (χ4v) is 2.92. The predicted molar refractivity (Wildman–Crippen MR) is 90.1 cm³/mol. The van der Waals surface area contributed by atoms with E-state index in [-0.39, 0.29) is 18.6 Å². The highest BCUT2D eigenvalue weighted by atomic mass is 32.1. The van der Waals surface area contributed by atoms with Crippen molar-refractivity contribution in [3.05, 3.63) is 29.8 Å². The molecule has 2 N–H and O–H groups in total. The minimum Gasteiger partial charge on any atom is -0.462 e. The summed E-state index contributed by atoms with van der Waals surface area (Å²) in [5.74, 6) is -0.326. The third-order valence-corrected chi connectivity index (χ3v) is 4.08. The lowest BCUT2D eigenvalue weighted by Gasteiger charge is -2.36. The Balaban J connectivity index is 1.98. The van der Waals surface area contributed by atoms with Crippen LogP contribution in [0.5, 0.6) is 0 Å². The second kappa shape index (κ2) is 8.10. The van der Waals surface area contributed by atoms with Gasteiger partial charge in [0.15, 0.2) is 5.11 Å². The number of thiocarbonyl (C=S) groups is 1. The number of rotatable bonds is 4. The van der Waals surface area contributed by atoms with Gasteiger partial charge in [0.2, 0.25) is 0 Å². The zero-order valence-electron chi connectivity index (χ0n) is 12.7. The lowest BCUT2D eigenvalue weighted by atomic mass is 10.0. The van der Waals surface area contributed by atoms with E-state index in [0.717, 1.165) is 31.5 Å². The molecule has 1 heterocycles. The van der Waals surface area contributed by atoms with Gasteiger partial charge in [0.05, 0.1) is 24.8 Å². The largest absolute Gasteiger partial charge is 0.462 e. The van der Waals surface area contributed by atoms with Gasteiger partial charge < -0.3 is 20.1 Å². The van der Waals surface area contributed by atoms with Crippen LogP contribution in [0.2, 0.25) is 0 Å². The molecule has 2 rings (SSSR count).